The van der Waals surface area contributed by atoms with Gasteiger partial charge in [0.15, 0.2) is 5.82 Å². The molecule has 0 spiro atoms. The number of ether oxygens (including phenoxy) is 1. The van der Waals surface area contributed by atoms with Gasteiger partial charge in [0, 0.05) is 25.2 Å². The fourth-order valence-corrected chi connectivity index (χ4v) is 4.28. The highest BCUT2D eigenvalue weighted by Gasteiger charge is 2.40. The number of benzene rings is 1. The van der Waals surface area contributed by atoms with Crippen molar-refractivity contribution in [1.82, 2.24) is 10.3 Å². The molecule has 172 valence electrons. The van der Waals surface area contributed by atoms with E-state index >= 15 is 0 Å². The number of unbranched alkanes of at least 4 members (excludes halogenated alkanes) is 2. The molecule has 2 aliphatic heterocycles. The molecule has 2 aromatic rings. The first-order valence-electron chi connectivity index (χ1n) is 11.5. The Morgan fingerprint density at radius 1 is 1.31 bits per heavy atom. The van der Waals surface area contributed by atoms with E-state index in [9.17, 15) is 9.90 Å². The Kier molecular flexibility index (Phi) is 7.12. The smallest absolute Gasteiger partial charge is 0.323 e. The topological polar surface area (TPSA) is 98.2 Å². The number of carbonyl (C=O) groups is 1. The summed E-state index contributed by atoms with van der Waals surface area (Å²) in [6.45, 7) is 4.26. The lowest BCUT2D eigenvalue weighted by Gasteiger charge is -2.36. The third-order valence-electron chi connectivity index (χ3n) is 6.01. The zero-order valence-electron chi connectivity index (χ0n) is 18.5. The third-order valence-corrected chi connectivity index (χ3v) is 6.01. The monoisotopic (exact) mass is 440 g/mol. The van der Waals surface area contributed by atoms with E-state index in [0.717, 1.165) is 55.7 Å². The van der Waals surface area contributed by atoms with Gasteiger partial charge in [-0.15, -0.1) is 0 Å². The van der Waals surface area contributed by atoms with Crippen molar-refractivity contribution in [2.75, 3.05) is 42.6 Å². The first kappa shape index (κ1) is 22.4. The molecule has 0 aliphatic carbocycles. The van der Waals surface area contributed by atoms with Crippen LogP contribution in [-0.4, -0.2) is 66.2 Å². The predicted octanol–water partition coefficient (Wildman–Crippen LogP) is 2.78. The first-order valence-corrected chi connectivity index (χ1v) is 11.5. The molecule has 1 aromatic heterocycles. The summed E-state index contributed by atoms with van der Waals surface area (Å²) in [5, 5.41) is 21.6. The van der Waals surface area contributed by atoms with Crippen LogP contribution in [0.4, 0.5) is 16.3 Å². The second-order valence-corrected chi connectivity index (χ2v) is 8.41. The second kappa shape index (κ2) is 10.2. The van der Waals surface area contributed by atoms with Crippen LogP contribution in [-0.2, 0) is 0 Å². The minimum absolute atomic E-state index is 0.0141. The number of rotatable bonds is 9. The summed E-state index contributed by atoms with van der Waals surface area (Å²) in [6, 6.07) is 11.5. The summed E-state index contributed by atoms with van der Waals surface area (Å²) < 4.78 is 5.58. The number of anilines is 2. The first-order chi connectivity index (χ1) is 15.6. The standard InChI is InChI=1S/C24H32N4O4/c1-2-3-4-11-25-24(31)28-18-10-12-27(14-18)22-9-8-21(26-23(22)28)17-6-5-7-20(13-17)32-16-19(30)15-29/h5-9,13,18-19,29-30H,2-4,10-12,14-16H2,1H3,(H,25,31)/t18-,19+/m0/s1. The zero-order chi connectivity index (χ0) is 22.5. The average molecular weight is 441 g/mol. The van der Waals surface area contributed by atoms with Gasteiger partial charge < -0.3 is 25.2 Å². The second-order valence-electron chi connectivity index (χ2n) is 8.41. The van der Waals surface area contributed by atoms with E-state index in [4.69, 9.17) is 14.8 Å². The number of aliphatic hydroxyl groups is 2. The molecule has 8 heteroatoms. The molecular weight excluding hydrogens is 408 g/mol. The summed E-state index contributed by atoms with van der Waals surface area (Å²) in [7, 11) is 0. The van der Waals surface area contributed by atoms with Crippen molar-refractivity contribution in [2.24, 2.45) is 0 Å². The number of pyridine rings is 1. The highest BCUT2D eigenvalue weighted by molar-refractivity contribution is 5.97. The number of nitrogens with one attached hydrogen (secondary N) is 1. The molecule has 0 radical (unpaired) electrons. The van der Waals surface area contributed by atoms with Gasteiger partial charge in [0.05, 0.1) is 24.0 Å². The molecule has 2 atom stereocenters. The van der Waals surface area contributed by atoms with Gasteiger partial charge >= 0.3 is 6.03 Å². The van der Waals surface area contributed by atoms with E-state index in [1.54, 1.807) is 6.07 Å². The Labute approximate surface area is 188 Å². The number of urea groups is 1. The van der Waals surface area contributed by atoms with Crippen LogP contribution in [0.25, 0.3) is 11.3 Å². The van der Waals surface area contributed by atoms with E-state index in [1.807, 2.05) is 35.2 Å². The Balaban J connectivity index is 1.57. The van der Waals surface area contributed by atoms with Crippen molar-refractivity contribution in [2.45, 2.75) is 44.8 Å². The maximum Gasteiger partial charge on any atom is 0.323 e. The predicted molar refractivity (Wildman–Crippen MR) is 124 cm³/mol. The molecule has 1 aromatic carbocycles. The molecule has 0 saturated carbocycles. The van der Waals surface area contributed by atoms with Crippen LogP contribution < -0.4 is 19.9 Å². The van der Waals surface area contributed by atoms with Gasteiger partial charge in [-0.1, -0.05) is 31.9 Å². The van der Waals surface area contributed by atoms with Gasteiger partial charge in [0.2, 0.25) is 0 Å². The summed E-state index contributed by atoms with van der Waals surface area (Å²) >= 11 is 0. The highest BCUT2D eigenvalue weighted by atomic mass is 16.5. The summed E-state index contributed by atoms with van der Waals surface area (Å²) in [5.74, 6) is 1.29. The van der Waals surface area contributed by atoms with E-state index < -0.39 is 6.10 Å². The number of hydrogen-bond acceptors (Lipinski definition) is 6. The molecule has 32 heavy (non-hydrogen) atoms. The van der Waals surface area contributed by atoms with Gasteiger partial charge in [-0.2, -0.15) is 0 Å². The van der Waals surface area contributed by atoms with E-state index in [-0.39, 0.29) is 25.3 Å². The van der Waals surface area contributed by atoms with Crippen LogP contribution in [0.2, 0.25) is 0 Å². The van der Waals surface area contributed by atoms with Crippen molar-refractivity contribution in [3.8, 4) is 17.0 Å². The van der Waals surface area contributed by atoms with E-state index in [2.05, 4.69) is 17.1 Å². The maximum atomic E-state index is 13.1. The molecule has 4 rings (SSSR count). The zero-order valence-corrected chi connectivity index (χ0v) is 18.5. The lowest BCUT2D eigenvalue weighted by molar-refractivity contribution is 0.0536. The largest absolute Gasteiger partial charge is 0.491 e. The Morgan fingerprint density at radius 2 is 2.19 bits per heavy atom. The van der Waals surface area contributed by atoms with Crippen molar-refractivity contribution in [3.05, 3.63) is 36.4 Å². The molecular formula is C24H32N4O4. The van der Waals surface area contributed by atoms with Gasteiger partial charge in [0.25, 0.3) is 0 Å². The lowest BCUT2D eigenvalue weighted by Crippen LogP contribution is -2.50. The molecule has 8 nitrogen and oxygen atoms in total. The van der Waals surface area contributed by atoms with Crippen LogP contribution in [0.5, 0.6) is 5.75 Å². The van der Waals surface area contributed by atoms with Crippen molar-refractivity contribution in [3.63, 3.8) is 0 Å². The molecule has 0 unspecified atom stereocenters. The molecule has 3 heterocycles. The molecule has 2 amide bonds. The minimum Gasteiger partial charge on any atom is -0.491 e. The molecule has 1 fully saturated rings. The maximum absolute atomic E-state index is 13.1. The number of aliphatic hydroxyl groups excluding tert-OH is 2. The highest BCUT2D eigenvalue weighted by Crippen LogP contribution is 2.40. The SMILES string of the molecule is CCCCCNC(=O)N1c2nc(-c3cccc(OC[C@H](O)CO)c3)ccc2N2CC[C@H]1C2. The number of hydrogen-bond donors (Lipinski definition) is 3. The molecule has 1 saturated heterocycles. The third kappa shape index (κ3) is 4.81. The number of carbonyl (C=O) groups excluding carboxylic acids is 1. The number of aromatic nitrogens is 1. The van der Waals surface area contributed by atoms with Gasteiger partial charge in [0.1, 0.15) is 18.5 Å². The summed E-state index contributed by atoms with van der Waals surface area (Å²) in [6.07, 6.45) is 3.21. The van der Waals surface area contributed by atoms with Crippen molar-refractivity contribution in [1.29, 1.82) is 0 Å². The Morgan fingerprint density at radius 3 is 3.00 bits per heavy atom. The molecule has 2 aliphatic rings. The average Bonchev–Trinajstić information content (AvgIpc) is 3.24. The summed E-state index contributed by atoms with van der Waals surface area (Å²) in [4.78, 5) is 22.1. The van der Waals surface area contributed by atoms with Crippen LogP contribution in [0.15, 0.2) is 36.4 Å². The van der Waals surface area contributed by atoms with E-state index in [0.29, 0.717) is 18.1 Å². The molecule has 2 bridgehead atoms. The van der Waals surface area contributed by atoms with Crippen molar-refractivity contribution < 1.29 is 19.7 Å². The fourth-order valence-electron chi connectivity index (χ4n) is 4.28. The Bertz CT molecular complexity index is 938. The van der Waals surface area contributed by atoms with Crippen LogP contribution in [0.3, 0.4) is 0 Å². The van der Waals surface area contributed by atoms with Crippen LogP contribution in [0.1, 0.15) is 32.6 Å². The summed E-state index contributed by atoms with van der Waals surface area (Å²) in [5.41, 5.74) is 2.60. The van der Waals surface area contributed by atoms with Crippen LogP contribution >= 0.6 is 0 Å². The number of amides is 2. The van der Waals surface area contributed by atoms with Crippen molar-refractivity contribution >= 4 is 17.5 Å². The number of nitrogens with zero attached hydrogens (tertiary/aromatic N) is 3. The number of fused-ring (bicyclic) bond motifs is 4. The molecule has 3 N–H and O–H groups in total. The fraction of sp³-hybridized carbons (Fsp3) is 0.500. The lowest BCUT2D eigenvalue weighted by atomic mass is 10.1. The van der Waals surface area contributed by atoms with Gasteiger partial charge in [-0.25, -0.2) is 9.78 Å². The van der Waals surface area contributed by atoms with Gasteiger partial charge in [-0.3, -0.25) is 4.90 Å². The van der Waals surface area contributed by atoms with Crippen LogP contribution in [0, 0.1) is 0 Å². The quantitative estimate of drug-likeness (QED) is 0.519. The Hall–Kier alpha value is -2.84. The minimum atomic E-state index is -0.922. The van der Waals surface area contributed by atoms with E-state index in [1.165, 1.54) is 0 Å². The normalized spacial score (nSPS) is 17.8. The van der Waals surface area contributed by atoms with Gasteiger partial charge in [-0.05, 0) is 37.1 Å².